The number of nitrogens with two attached hydrogens (primary N) is 1. The minimum atomic E-state index is -3.62. The maximum atomic E-state index is 12.1. The van der Waals surface area contributed by atoms with Crippen LogP contribution in [0.2, 0.25) is 0 Å². The zero-order valence-electron chi connectivity index (χ0n) is 12.7. The number of hydrogen-bond acceptors (Lipinski definition) is 3. The van der Waals surface area contributed by atoms with Crippen LogP contribution in [0.5, 0.6) is 0 Å². The van der Waals surface area contributed by atoms with Crippen molar-refractivity contribution >= 4 is 16.0 Å². The molecular weight excluding hydrogens is 276 g/mol. The molecule has 20 heavy (non-hydrogen) atoms. The molecule has 0 aromatic rings. The van der Waals surface area contributed by atoms with Crippen LogP contribution in [0, 0.1) is 17.2 Å². The molecule has 118 valence electrons. The fourth-order valence-electron chi connectivity index (χ4n) is 2.57. The molecular formula is C13H28N4O2S. The van der Waals surface area contributed by atoms with Gasteiger partial charge in [-0.05, 0) is 37.5 Å². The van der Waals surface area contributed by atoms with E-state index in [0.717, 1.165) is 19.3 Å². The first-order chi connectivity index (χ1) is 9.21. The normalized spacial score (nSPS) is 27.7. The van der Waals surface area contributed by atoms with E-state index in [1.54, 1.807) is 0 Å². The summed E-state index contributed by atoms with van der Waals surface area (Å²) in [5.74, 6) is 0.758. The fraction of sp³-hybridized carbons (Fsp3) is 0.923. The highest BCUT2D eigenvalue weighted by Crippen LogP contribution is 2.34. The first-order valence-electron chi connectivity index (χ1n) is 7.34. The summed E-state index contributed by atoms with van der Waals surface area (Å²) in [6.45, 7) is 6.39. The van der Waals surface area contributed by atoms with E-state index in [0.29, 0.717) is 25.3 Å². The van der Waals surface area contributed by atoms with Crippen LogP contribution < -0.4 is 15.2 Å². The van der Waals surface area contributed by atoms with Gasteiger partial charge < -0.3 is 5.73 Å². The summed E-state index contributed by atoms with van der Waals surface area (Å²) in [7, 11) is -3.62. The molecule has 1 rings (SSSR count). The Hall–Kier alpha value is -0.660. The highest BCUT2D eigenvalue weighted by molar-refractivity contribution is 7.87. The lowest BCUT2D eigenvalue weighted by molar-refractivity contribution is 0.265. The summed E-state index contributed by atoms with van der Waals surface area (Å²) >= 11 is 0. The number of amidine groups is 1. The smallest absolute Gasteiger partial charge is 0.277 e. The van der Waals surface area contributed by atoms with Gasteiger partial charge in [0.2, 0.25) is 0 Å². The average molecular weight is 304 g/mol. The zero-order valence-corrected chi connectivity index (χ0v) is 13.5. The molecule has 0 radical (unpaired) electrons. The molecule has 6 nitrogen and oxygen atoms in total. The molecule has 0 atom stereocenters. The van der Waals surface area contributed by atoms with Crippen LogP contribution >= 0.6 is 0 Å². The van der Waals surface area contributed by atoms with Gasteiger partial charge in [0.25, 0.3) is 10.2 Å². The van der Waals surface area contributed by atoms with Gasteiger partial charge in [-0.25, -0.2) is 4.72 Å². The maximum Gasteiger partial charge on any atom is 0.277 e. The van der Waals surface area contributed by atoms with Crippen LogP contribution in [0.25, 0.3) is 0 Å². The Morgan fingerprint density at radius 1 is 1.40 bits per heavy atom. The first kappa shape index (κ1) is 17.4. The van der Waals surface area contributed by atoms with Crippen molar-refractivity contribution in [3.8, 4) is 0 Å². The summed E-state index contributed by atoms with van der Waals surface area (Å²) in [5.41, 5.74) is 4.77. The van der Waals surface area contributed by atoms with Crippen LogP contribution in [0.15, 0.2) is 0 Å². The van der Waals surface area contributed by atoms with Crippen LogP contribution in [0.1, 0.15) is 52.9 Å². The predicted octanol–water partition coefficient (Wildman–Crippen LogP) is 1.34. The fourth-order valence-corrected chi connectivity index (χ4v) is 4.03. The Morgan fingerprint density at radius 3 is 2.35 bits per heavy atom. The highest BCUT2D eigenvalue weighted by Gasteiger charge is 2.40. The van der Waals surface area contributed by atoms with Crippen molar-refractivity contribution in [3.63, 3.8) is 0 Å². The van der Waals surface area contributed by atoms with Gasteiger partial charge in [0, 0.05) is 6.54 Å². The van der Waals surface area contributed by atoms with Gasteiger partial charge >= 0.3 is 0 Å². The van der Waals surface area contributed by atoms with Crippen molar-refractivity contribution in [1.82, 2.24) is 9.44 Å². The van der Waals surface area contributed by atoms with Crippen LogP contribution in [-0.2, 0) is 10.2 Å². The quantitative estimate of drug-likeness (QED) is 0.421. The van der Waals surface area contributed by atoms with E-state index in [2.05, 4.69) is 16.4 Å². The van der Waals surface area contributed by atoms with E-state index in [4.69, 9.17) is 11.1 Å². The van der Waals surface area contributed by atoms with Crippen LogP contribution in [0.3, 0.4) is 0 Å². The van der Waals surface area contributed by atoms with Gasteiger partial charge in [0.15, 0.2) is 0 Å². The van der Waals surface area contributed by atoms with Crippen molar-refractivity contribution in [2.45, 2.75) is 58.4 Å². The third-order valence-corrected chi connectivity index (χ3v) is 5.27. The van der Waals surface area contributed by atoms with Crippen molar-refractivity contribution in [1.29, 1.82) is 5.41 Å². The van der Waals surface area contributed by atoms with Gasteiger partial charge in [-0.1, -0.05) is 27.2 Å². The second-order valence-electron chi connectivity index (χ2n) is 6.20. The lowest BCUT2D eigenvalue weighted by Gasteiger charge is -2.39. The van der Waals surface area contributed by atoms with E-state index in [1.807, 2.05) is 13.8 Å². The number of rotatable bonds is 7. The standard InChI is InChI=1S/C13H28N4O2S/c1-4-11-5-7-13(8-6-11,12(14)15)17-20(18,19)16-9-10(2)3/h10-11,16-17H,4-9H2,1-3H3,(H3,14,15). The third kappa shape index (κ3) is 4.71. The lowest BCUT2D eigenvalue weighted by Crippen LogP contribution is -2.61. The average Bonchev–Trinajstić information content (AvgIpc) is 2.37. The Kier molecular flexibility index (Phi) is 5.97. The lowest BCUT2D eigenvalue weighted by atomic mass is 9.75. The van der Waals surface area contributed by atoms with Gasteiger partial charge in [0.1, 0.15) is 5.84 Å². The third-order valence-electron chi connectivity index (χ3n) is 4.06. The van der Waals surface area contributed by atoms with Gasteiger partial charge in [-0.3, -0.25) is 5.41 Å². The first-order valence-corrected chi connectivity index (χ1v) is 8.82. The SMILES string of the molecule is CCC1CCC(NS(=O)(=O)NCC(C)C)(C(=N)N)CC1. The maximum absolute atomic E-state index is 12.1. The molecule has 0 spiro atoms. The van der Waals surface area contributed by atoms with Gasteiger partial charge in [-0.15, -0.1) is 0 Å². The summed E-state index contributed by atoms with van der Waals surface area (Å²) in [5, 5.41) is 7.78. The minimum absolute atomic E-state index is 0.0815. The Labute approximate surface area is 122 Å². The van der Waals surface area contributed by atoms with Crippen molar-refractivity contribution < 1.29 is 8.42 Å². The van der Waals surface area contributed by atoms with Crippen LogP contribution in [0.4, 0.5) is 0 Å². The molecule has 0 bridgehead atoms. The van der Waals surface area contributed by atoms with Gasteiger partial charge in [0.05, 0.1) is 5.54 Å². The van der Waals surface area contributed by atoms with E-state index in [1.165, 1.54) is 0 Å². The summed E-state index contributed by atoms with van der Waals surface area (Å²) < 4.78 is 29.3. The second kappa shape index (κ2) is 6.87. The monoisotopic (exact) mass is 304 g/mol. The minimum Gasteiger partial charge on any atom is -0.386 e. The molecule has 0 aromatic heterocycles. The molecule has 1 saturated carbocycles. The predicted molar refractivity (Wildman–Crippen MR) is 81.8 cm³/mol. The number of hydrogen-bond donors (Lipinski definition) is 4. The Balaban J connectivity index is 2.76. The highest BCUT2D eigenvalue weighted by atomic mass is 32.2. The largest absolute Gasteiger partial charge is 0.386 e. The van der Waals surface area contributed by atoms with Crippen molar-refractivity contribution in [2.24, 2.45) is 17.6 Å². The zero-order chi connectivity index (χ0) is 15.4. The topological polar surface area (TPSA) is 108 Å². The summed E-state index contributed by atoms with van der Waals surface area (Å²) in [6.07, 6.45) is 4.10. The molecule has 0 heterocycles. The van der Waals surface area contributed by atoms with Crippen molar-refractivity contribution in [2.75, 3.05) is 6.54 Å². The molecule has 0 amide bonds. The molecule has 0 aromatic carbocycles. The molecule has 5 N–H and O–H groups in total. The molecule has 0 saturated heterocycles. The van der Waals surface area contributed by atoms with E-state index in [9.17, 15) is 8.42 Å². The molecule has 0 unspecified atom stereocenters. The Morgan fingerprint density at radius 2 is 1.95 bits per heavy atom. The number of nitrogens with one attached hydrogen (secondary N) is 3. The second-order valence-corrected chi connectivity index (χ2v) is 7.69. The van der Waals surface area contributed by atoms with E-state index < -0.39 is 15.7 Å². The van der Waals surface area contributed by atoms with Crippen molar-refractivity contribution in [3.05, 3.63) is 0 Å². The van der Waals surface area contributed by atoms with E-state index in [-0.39, 0.29) is 11.8 Å². The Bertz CT molecular complexity index is 426. The molecule has 1 aliphatic carbocycles. The van der Waals surface area contributed by atoms with Crippen LogP contribution in [-0.4, -0.2) is 26.3 Å². The molecule has 0 aliphatic heterocycles. The summed E-state index contributed by atoms with van der Waals surface area (Å²) in [4.78, 5) is 0. The molecule has 7 heteroatoms. The molecule has 1 aliphatic rings. The van der Waals surface area contributed by atoms with Gasteiger partial charge in [-0.2, -0.15) is 13.1 Å². The molecule has 1 fully saturated rings. The van der Waals surface area contributed by atoms with E-state index >= 15 is 0 Å². The summed E-state index contributed by atoms with van der Waals surface area (Å²) in [6, 6.07) is 0.